The van der Waals surface area contributed by atoms with Gasteiger partial charge in [-0.15, -0.1) is 0 Å². The molecule has 1 aromatic carbocycles. The average molecular weight is 245 g/mol. The molecule has 0 aliphatic rings. The van der Waals surface area contributed by atoms with E-state index in [0.29, 0.717) is 12.1 Å². The Balaban J connectivity index is 2.70. The van der Waals surface area contributed by atoms with E-state index in [1.54, 1.807) is 18.2 Å². The first-order valence-electron chi connectivity index (χ1n) is 5.33. The molecule has 0 atom stereocenters. The number of halogens is 2. The minimum absolute atomic E-state index is 0.0368. The van der Waals surface area contributed by atoms with Crippen molar-refractivity contribution in [1.29, 1.82) is 0 Å². The topological polar surface area (TPSA) is 41.5 Å². The molecule has 0 fully saturated rings. The van der Waals surface area contributed by atoms with Crippen molar-refractivity contribution in [1.82, 2.24) is 5.32 Å². The number of hydrogen-bond donors (Lipinski definition) is 2. The average Bonchev–Trinajstić information content (AvgIpc) is 2.27. The van der Waals surface area contributed by atoms with E-state index in [9.17, 15) is 8.78 Å². The lowest BCUT2D eigenvalue weighted by Crippen LogP contribution is -2.42. The first kappa shape index (κ1) is 13.9. The molecule has 0 bridgehead atoms. The minimum atomic E-state index is -2.83. The van der Waals surface area contributed by atoms with Crippen molar-refractivity contribution in [2.75, 3.05) is 6.61 Å². The van der Waals surface area contributed by atoms with Crippen LogP contribution in [0.25, 0.3) is 0 Å². The number of rotatable bonds is 6. The number of para-hydroxylation sites is 1. The number of alkyl halides is 2. The van der Waals surface area contributed by atoms with Gasteiger partial charge in [-0.1, -0.05) is 18.2 Å². The predicted molar refractivity (Wildman–Crippen MR) is 61.1 cm³/mol. The summed E-state index contributed by atoms with van der Waals surface area (Å²) >= 11 is 0. The first-order chi connectivity index (χ1) is 7.94. The van der Waals surface area contributed by atoms with Crippen molar-refractivity contribution in [2.24, 2.45) is 0 Å². The van der Waals surface area contributed by atoms with E-state index in [4.69, 9.17) is 5.11 Å². The molecule has 0 amide bonds. The molecule has 0 radical (unpaired) electrons. The van der Waals surface area contributed by atoms with Gasteiger partial charge in [0.15, 0.2) is 0 Å². The van der Waals surface area contributed by atoms with Gasteiger partial charge in [0.25, 0.3) is 0 Å². The van der Waals surface area contributed by atoms with Gasteiger partial charge < -0.3 is 15.2 Å². The SMILES string of the molecule is CC(C)(CO)NCc1ccccc1OC(F)F. The van der Waals surface area contributed by atoms with Crippen LogP contribution in [0.2, 0.25) is 0 Å². The maximum Gasteiger partial charge on any atom is 0.387 e. The van der Waals surface area contributed by atoms with E-state index in [-0.39, 0.29) is 12.4 Å². The molecule has 0 heterocycles. The Kier molecular flexibility index (Phi) is 4.84. The highest BCUT2D eigenvalue weighted by Crippen LogP contribution is 2.20. The van der Waals surface area contributed by atoms with Gasteiger partial charge in [0.05, 0.1) is 6.61 Å². The Morgan fingerprint density at radius 3 is 2.59 bits per heavy atom. The number of benzene rings is 1. The highest BCUT2D eigenvalue weighted by Gasteiger charge is 2.16. The second-order valence-electron chi connectivity index (χ2n) is 4.38. The van der Waals surface area contributed by atoms with Gasteiger partial charge in [-0.2, -0.15) is 8.78 Å². The minimum Gasteiger partial charge on any atom is -0.434 e. The van der Waals surface area contributed by atoms with E-state index in [1.165, 1.54) is 6.07 Å². The monoisotopic (exact) mass is 245 g/mol. The van der Waals surface area contributed by atoms with Gasteiger partial charge in [-0.05, 0) is 19.9 Å². The number of nitrogens with one attached hydrogen (secondary N) is 1. The zero-order chi connectivity index (χ0) is 12.9. The van der Waals surface area contributed by atoms with Crippen LogP contribution in [-0.2, 0) is 6.54 Å². The highest BCUT2D eigenvalue weighted by atomic mass is 19.3. The van der Waals surface area contributed by atoms with Crippen molar-refractivity contribution in [3.63, 3.8) is 0 Å². The third-order valence-corrected chi connectivity index (χ3v) is 2.34. The molecule has 0 unspecified atom stereocenters. The summed E-state index contributed by atoms with van der Waals surface area (Å²) in [5, 5.41) is 12.1. The zero-order valence-electron chi connectivity index (χ0n) is 9.91. The molecular formula is C12H17F2NO2. The fourth-order valence-electron chi connectivity index (χ4n) is 1.25. The molecule has 2 N–H and O–H groups in total. The molecule has 0 aliphatic carbocycles. The molecule has 3 nitrogen and oxygen atoms in total. The molecule has 0 saturated heterocycles. The second kappa shape index (κ2) is 5.93. The lowest BCUT2D eigenvalue weighted by molar-refractivity contribution is -0.0505. The van der Waals surface area contributed by atoms with Gasteiger partial charge >= 0.3 is 6.61 Å². The summed E-state index contributed by atoms with van der Waals surface area (Å²) in [4.78, 5) is 0. The van der Waals surface area contributed by atoms with Gasteiger partial charge in [0.2, 0.25) is 0 Å². The molecule has 0 saturated carbocycles. The second-order valence-corrected chi connectivity index (χ2v) is 4.38. The zero-order valence-corrected chi connectivity index (χ0v) is 9.91. The molecule has 17 heavy (non-hydrogen) atoms. The van der Waals surface area contributed by atoms with E-state index in [1.807, 2.05) is 13.8 Å². The summed E-state index contributed by atoms with van der Waals surface area (Å²) in [5.74, 6) is 0.156. The standard InChI is InChI=1S/C12H17F2NO2/c1-12(2,8-16)15-7-9-5-3-4-6-10(9)17-11(13)14/h3-6,11,15-16H,7-8H2,1-2H3. The Hall–Kier alpha value is -1.20. The number of aliphatic hydroxyl groups is 1. The van der Waals surface area contributed by atoms with Crippen molar-refractivity contribution < 1.29 is 18.6 Å². The van der Waals surface area contributed by atoms with Crippen LogP contribution in [0, 0.1) is 0 Å². The van der Waals surface area contributed by atoms with Crippen LogP contribution < -0.4 is 10.1 Å². The summed E-state index contributed by atoms with van der Waals surface area (Å²) < 4.78 is 28.7. The molecular weight excluding hydrogens is 228 g/mol. The van der Waals surface area contributed by atoms with Gasteiger partial charge in [-0.25, -0.2) is 0 Å². The molecule has 96 valence electrons. The summed E-state index contributed by atoms with van der Waals surface area (Å²) in [5.41, 5.74) is 0.173. The molecule has 1 rings (SSSR count). The fourth-order valence-corrected chi connectivity index (χ4v) is 1.25. The normalized spacial score (nSPS) is 11.9. The smallest absolute Gasteiger partial charge is 0.387 e. The Labute approximate surface area is 99.4 Å². The van der Waals surface area contributed by atoms with Crippen LogP contribution in [0.1, 0.15) is 19.4 Å². The Morgan fingerprint density at radius 2 is 2.00 bits per heavy atom. The molecule has 0 aromatic heterocycles. The quantitative estimate of drug-likeness (QED) is 0.807. The maximum atomic E-state index is 12.2. The van der Waals surface area contributed by atoms with Gasteiger partial charge in [-0.3, -0.25) is 0 Å². The van der Waals surface area contributed by atoms with Crippen LogP contribution in [0.15, 0.2) is 24.3 Å². The van der Waals surface area contributed by atoms with Gasteiger partial charge in [0, 0.05) is 17.6 Å². The molecule has 0 aliphatic heterocycles. The van der Waals surface area contributed by atoms with Crippen molar-refractivity contribution in [3.05, 3.63) is 29.8 Å². The highest BCUT2D eigenvalue weighted by molar-refractivity contribution is 5.33. The first-order valence-corrected chi connectivity index (χ1v) is 5.33. The fraction of sp³-hybridized carbons (Fsp3) is 0.500. The van der Waals surface area contributed by atoms with E-state index in [0.717, 1.165) is 0 Å². The summed E-state index contributed by atoms with van der Waals surface area (Å²) in [7, 11) is 0. The van der Waals surface area contributed by atoms with Crippen LogP contribution in [0.4, 0.5) is 8.78 Å². The Bertz CT molecular complexity index is 356. The number of aliphatic hydroxyl groups excluding tert-OH is 1. The maximum absolute atomic E-state index is 12.2. The van der Waals surface area contributed by atoms with E-state index in [2.05, 4.69) is 10.1 Å². The van der Waals surface area contributed by atoms with Crippen molar-refractivity contribution in [2.45, 2.75) is 32.5 Å². The van der Waals surface area contributed by atoms with Crippen LogP contribution in [0.3, 0.4) is 0 Å². The Morgan fingerprint density at radius 1 is 1.35 bits per heavy atom. The summed E-state index contributed by atoms with van der Waals surface area (Å²) in [6.07, 6.45) is 0. The summed E-state index contributed by atoms with van der Waals surface area (Å²) in [6.45, 7) is 1.14. The molecule has 0 spiro atoms. The van der Waals surface area contributed by atoms with Crippen molar-refractivity contribution >= 4 is 0 Å². The van der Waals surface area contributed by atoms with E-state index < -0.39 is 12.2 Å². The number of hydrogen-bond acceptors (Lipinski definition) is 3. The van der Waals surface area contributed by atoms with Crippen LogP contribution in [0.5, 0.6) is 5.75 Å². The predicted octanol–water partition coefficient (Wildman–Crippen LogP) is 2.15. The van der Waals surface area contributed by atoms with Crippen LogP contribution >= 0.6 is 0 Å². The van der Waals surface area contributed by atoms with Crippen molar-refractivity contribution in [3.8, 4) is 5.75 Å². The van der Waals surface area contributed by atoms with Gasteiger partial charge in [0.1, 0.15) is 5.75 Å². The third kappa shape index (κ3) is 4.66. The summed E-state index contributed by atoms with van der Waals surface area (Å²) in [6, 6.07) is 6.59. The third-order valence-electron chi connectivity index (χ3n) is 2.34. The lowest BCUT2D eigenvalue weighted by Gasteiger charge is -2.24. The largest absolute Gasteiger partial charge is 0.434 e. The molecule has 5 heteroatoms. The number of ether oxygens (including phenoxy) is 1. The van der Waals surface area contributed by atoms with Crippen LogP contribution in [-0.4, -0.2) is 23.9 Å². The van der Waals surface area contributed by atoms with E-state index >= 15 is 0 Å². The molecule has 1 aromatic rings. The lowest BCUT2D eigenvalue weighted by atomic mass is 10.1.